The number of thioether (sulfide) groups is 1. The van der Waals surface area contributed by atoms with Crippen LogP contribution in [-0.2, 0) is 0 Å². The van der Waals surface area contributed by atoms with Crippen molar-refractivity contribution in [1.29, 1.82) is 0 Å². The first-order valence-corrected chi connectivity index (χ1v) is 9.11. The Morgan fingerprint density at radius 2 is 1.60 bits per heavy atom. The predicted octanol–water partition coefficient (Wildman–Crippen LogP) is 5.29. The molecule has 0 saturated heterocycles. The summed E-state index contributed by atoms with van der Waals surface area (Å²) in [5.74, 6) is 1.04. The van der Waals surface area contributed by atoms with Crippen molar-refractivity contribution in [3.63, 3.8) is 0 Å². The topological polar surface area (TPSA) is 39.2 Å². The van der Waals surface area contributed by atoms with Gasteiger partial charge in [-0.15, -0.1) is 11.8 Å². The Labute approximate surface area is 127 Å². The van der Waals surface area contributed by atoms with E-state index in [0.717, 1.165) is 5.76 Å². The van der Waals surface area contributed by atoms with Gasteiger partial charge in [0.1, 0.15) is 5.76 Å². The van der Waals surface area contributed by atoms with Gasteiger partial charge in [0, 0.05) is 16.2 Å². The van der Waals surface area contributed by atoms with Crippen LogP contribution >= 0.6 is 11.8 Å². The maximum absolute atomic E-state index is 6.47. The van der Waals surface area contributed by atoms with E-state index in [1.165, 1.54) is 69.1 Å². The summed E-state index contributed by atoms with van der Waals surface area (Å²) >= 11 is 1.94. The van der Waals surface area contributed by atoms with E-state index in [2.05, 4.69) is 6.07 Å². The Kier molecular flexibility index (Phi) is 7.01. The fraction of sp³-hybridized carbons (Fsp3) is 0.765. The lowest BCUT2D eigenvalue weighted by molar-refractivity contribution is 0.473. The molecule has 1 aliphatic rings. The van der Waals surface area contributed by atoms with Crippen LogP contribution in [0.15, 0.2) is 21.6 Å². The van der Waals surface area contributed by atoms with Crippen molar-refractivity contribution in [3.05, 3.63) is 18.1 Å². The zero-order valence-corrected chi connectivity index (χ0v) is 13.6. The fourth-order valence-electron chi connectivity index (χ4n) is 2.99. The standard InChI is InChI=1S/C17H29NOS/c1-14-16(12-13-19-14)20-17-11-9-7-5-3-2-4-6-8-10-15(17)18/h12-13,15,17H,2-11,18H2,1H3. The van der Waals surface area contributed by atoms with Gasteiger partial charge in [0.05, 0.1) is 6.26 Å². The van der Waals surface area contributed by atoms with E-state index in [0.29, 0.717) is 11.3 Å². The zero-order valence-electron chi connectivity index (χ0n) is 12.8. The molecule has 0 bridgehead atoms. The second kappa shape index (κ2) is 8.78. The van der Waals surface area contributed by atoms with Crippen molar-refractivity contribution >= 4 is 11.8 Å². The molecular formula is C17H29NOS. The lowest BCUT2D eigenvalue weighted by atomic mass is 9.98. The van der Waals surface area contributed by atoms with Crippen LogP contribution in [0.3, 0.4) is 0 Å². The van der Waals surface area contributed by atoms with Crippen LogP contribution in [0.2, 0.25) is 0 Å². The zero-order chi connectivity index (χ0) is 14.2. The van der Waals surface area contributed by atoms with Gasteiger partial charge in [0.2, 0.25) is 0 Å². The van der Waals surface area contributed by atoms with Gasteiger partial charge in [0.25, 0.3) is 0 Å². The molecule has 1 heterocycles. The molecular weight excluding hydrogens is 266 g/mol. The average molecular weight is 295 g/mol. The molecule has 1 aromatic rings. The van der Waals surface area contributed by atoms with Crippen molar-refractivity contribution in [2.45, 2.75) is 87.3 Å². The summed E-state index contributed by atoms with van der Waals surface area (Å²) in [5, 5.41) is 0.547. The molecule has 0 amide bonds. The lowest BCUT2D eigenvalue weighted by Gasteiger charge is -2.24. The van der Waals surface area contributed by atoms with E-state index in [1.54, 1.807) is 6.26 Å². The van der Waals surface area contributed by atoms with Gasteiger partial charge >= 0.3 is 0 Å². The van der Waals surface area contributed by atoms with E-state index in [-0.39, 0.29) is 0 Å². The minimum atomic E-state index is 0.328. The number of rotatable bonds is 2. The lowest BCUT2D eigenvalue weighted by Crippen LogP contribution is -2.32. The molecule has 114 valence electrons. The van der Waals surface area contributed by atoms with Gasteiger partial charge in [-0.3, -0.25) is 0 Å². The Balaban J connectivity index is 1.92. The highest BCUT2D eigenvalue weighted by Gasteiger charge is 2.20. The molecule has 2 unspecified atom stereocenters. The molecule has 0 spiro atoms. The van der Waals surface area contributed by atoms with E-state index >= 15 is 0 Å². The third-order valence-corrected chi connectivity index (χ3v) is 5.91. The molecule has 1 aromatic heterocycles. The number of furan rings is 1. The molecule has 2 atom stereocenters. The summed E-state index contributed by atoms with van der Waals surface area (Å²) in [6, 6.07) is 2.41. The highest BCUT2D eigenvalue weighted by atomic mass is 32.2. The van der Waals surface area contributed by atoms with Crippen molar-refractivity contribution in [1.82, 2.24) is 0 Å². The summed E-state index contributed by atoms with van der Waals surface area (Å²) < 4.78 is 5.42. The second-order valence-electron chi connectivity index (χ2n) is 6.07. The SMILES string of the molecule is Cc1occc1SC1CCCCCCCCCCC1N. The Morgan fingerprint density at radius 3 is 2.20 bits per heavy atom. The van der Waals surface area contributed by atoms with Crippen LogP contribution < -0.4 is 5.73 Å². The second-order valence-corrected chi connectivity index (χ2v) is 7.35. The van der Waals surface area contributed by atoms with Gasteiger partial charge in [-0.05, 0) is 25.8 Å². The molecule has 0 radical (unpaired) electrons. The van der Waals surface area contributed by atoms with Crippen molar-refractivity contribution in [3.8, 4) is 0 Å². The highest BCUT2D eigenvalue weighted by molar-refractivity contribution is 8.00. The molecule has 2 N–H and O–H groups in total. The largest absolute Gasteiger partial charge is 0.468 e. The van der Waals surface area contributed by atoms with Crippen LogP contribution in [0, 0.1) is 6.92 Å². The minimum Gasteiger partial charge on any atom is -0.468 e. The van der Waals surface area contributed by atoms with Gasteiger partial charge in [-0.25, -0.2) is 0 Å². The third kappa shape index (κ3) is 5.17. The number of aryl methyl sites for hydroxylation is 1. The van der Waals surface area contributed by atoms with E-state index in [9.17, 15) is 0 Å². The van der Waals surface area contributed by atoms with E-state index in [4.69, 9.17) is 10.2 Å². The molecule has 1 aliphatic carbocycles. The van der Waals surface area contributed by atoms with Crippen molar-refractivity contribution in [2.75, 3.05) is 0 Å². The first-order chi connectivity index (χ1) is 9.77. The summed E-state index contributed by atoms with van der Waals surface area (Å²) in [6.07, 6.45) is 15.2. The maximum atomic E-state index is 6.47. The van der Waals surface area contributed by atoms with Crippen molar-refractivity contribution in [2.24, 2.45) is 5.73 Å². The molecule has 1 saturated carbocycles. The summed E-state index contributed by atoms with van der Waals surface area (Å²) in [5.41, 5.74) is 6.47. The first kappa shape index (κ1) is 16.0. The Morgan fingerprint density at radius 1 is 1.00 bits per heavy atom. The van der Waals surface area contributed by atoms with Crippen LogP contribution in [0.5, 0.6) is 0 Å². The van der Waals surface area contributed by atoms with Crippen LogP contribution in [0.25, 0.3) is 0 Å². The molecule has 1 fully saturated rings. The smallest absolute Gasteiger partial charge is 0.114 e. The Bertz CT molecular complexity index is 377. The molecule has 3 heteroatoms. The molecule has 20 heavy (non-hydrogen) atoms. The first-order valence-electron chi connectivity index (χ1n) is 8.23. The highest BCUT2D eigenvalue weighted by Crippen LogP contribution is 2.33. The molecule has 2 nitrogen and oxygen atoms in total. The quantitative estimate of drug-likeness (QED) is 0.805. The number of hydrogen-bond acceptors (Lipinski definition) is 3. The average Bonchev–Trinajstić information content (AvgIpc) is 2.83. The van der Waals surface area contributed by atoms with Gasteiger partial charge in [0.15, 0.2) is 0 Å². The molecule has 0 aliphatic heterocycles. The monoisotopic (exact) mass is 295 g/mol. The summed E-state index contributed by atoms with van der Waals surface area (Å²) in [6.45, 7) is 2.04. The number of nitrogens with two attached hydrogens (primary N) is 1. The van der Waals surface area contributed by atoms with Crippen LogP contribution in [0.4, 0.5) is 0 Å². The molecule has 2 rings (SSSR count). The summed E-state index contributed by atoms with van der Waals surface area (Å²) in [4.78, 5) is 1.28. The van der Waals surface area contributed by atoms with Gasteiger partial charge < -0.3 is 10.2 Å². The minimum absolute atomic E-state index is 0.328. The van der Waals surface area contributed by atoms with E-state index < -0.39 is 0 Å². The maximum Gasteiger partial charge on any atom is 0.114 e. The normalized spacial score (nSPS) is 26.7. The van der Waals surface area contributed by atoms with Crippen molar-refractivity contribution < 1.29 is 4.42 Å². The van der Waals surface area contributed by atoms with Crippen LogP contribution in [0.1, 0.15) is 70.0 Å². The van der Waals surface area contributed by atoms with Crippen LogP contribution in [-0.4, -0.2) is 11.3 Å². The number of hydrogen-bond donors (Lipinski definition) is 1. The Hall–Kier alpha value is -0.410. The predicted molar refractivity (Wildman–Crippen MR) is 87.2 cm³/mol. The van der Waals surface area contributed by atoms with Gasteiger partial charge in [-0.2, -0.15) is 0 Å². The van der Waals surface area contributed by atoms with E-state index in [1.807, 2.05) is 18.7 Å². The summed E-state index contributed by atoms with van der Waals surface area (Å²) in [7, 11) is 0. The third-order valence-electron chi connectivity index (χ3n) is 4.34. The fourth-order valence-corrected chi connectivity index (χ4v) is 4.26. The molecule has 0 aromatic carbocycles. The van der Waals surface area contributed by atoms with Gasteiger partial charge in [-0.1, -0.05) is 51.4 Å².